The number of carbonyl (C=O) groups is 3. The van der Waals surface area contributed by atoms with E-state index in [1.807, 2.05) is 0 Å². The summed E-state index contributed by atoms with van der Waals surface area (Å²) in [5, 5.41) is 26.5. The molecule has 12 nitrogen and oxygen atoms in total. The van der Waals surface area contributed by atoms with Gasteiger partial charge in [-0.3, -0.25) is 25.9 Å². The Balaban J connectivity index is 1.73. The van der Waals surface area contributed by atoms with Crippen molar-refractivity contribution in [1.82, 2.24) is 10.6 Å². The van der Waals surface area contributed by atoms with Crippen molar-refractivity contribution < 1.29 is 47.2 Å². The van der Waals surface area contributed by atoms with Crippen molar-refractivity contribution in [1.29, 1.82) is 0 Å². The Bertz CT molecular complexity index is 1170. The number of hydrogen-bond acceptors (Lipinski definition) is 9. The number of rotatable bonds is 9. The second-order valence-corrected chi connectivity index (χ2v) is 7.60. The first-order valence-electron chi connectivity index (χ1n) is 10.3. The van der Waals surface area contributed by atoms with Gasteiger partial charge in [0.05, 0.1) is 24.6 Å². The van der Waals surface area contributed by atoms with E-state index in [1.165, 1.54) is 12.1 Å². The fraction of sp³-hybridized carbons (Fsp3) is 0.286. The van der Waals surface area contributed by atoms with Gasteiger partial charge in [0, 0.05) is 16.8 Å². The van der Waals surface area contributed by atoms with Gasteiger partial charge in [0.15, 0.2) is 11.5 Å². The number of phenolic OH excluding ortho intramolecular Hbond substituents is 1. The van der Waals surface area contributed by atoms with Crippen molar-refractivity contribution in [2.45, 2.75) is 24.9 Å². The average Bonchev–Trinajstić information content (AvgIpc) is 3.25. The van der Waals surface area contributed by atoms with Crippen LogP contribution in [0.25, 0.3) is 0 Å². The number of phenols is 1. The largest absolute Gasteiger partial charge is 0.504 e. The van der Waals surface area contributed by atoms with Crippen LogP contribution in [0.3, 0.4) is 0 Å². The standard InChI is InChI=1S/C21H22F3N5O7/c22-21(23,24)10-3-9(4-11(5-10)28-20(25)26)19(34)27-7-15(30)29-13(6-16(31)32)12-1-2-14-18(17(12)33)36-8-35-14/h1-5,13,20,28,33H,6-8,25-26H2,(H,27,34)(H,29,30)(H,31,32). The molecule has 1 unspecified atom stereocenters. The fourth-order valence-corrected chi connectivity index (χ4v) is 3.37. The van der Waals surface area contributed by atoms with E-state index < -0.39 is 66.1 Å². The van der Waals surface area contributed by atoms with Crippen LogP contribution >= 0.6 is 0 Å². The van der Waals surface area contributed by atoms with Gasteiger partial charge in [-0.15, -0.1) is 0 Å². The highest BCUT2D eigenvalue weighted by Gasteiger charge is 2.32. The minimum absolute atomic E-state index is 0.0170. The third-order valence-electron chi connectivity index (χ3n) is 4.90. The highest BCUT2D eigenvalue weighted by Crippen LogP contribution is 2.44. The van der Waals surface area contributed by atoms with Crippen LogP contribution < -0.4 is 36.9 Å². The number of amides is 2. The van der Waals surface area contributed by atoms with E-state index in [1.54, 1.807) is 0 Å². The lowest BCUT2D eigenvalue weighted by molar-refractivity contribution is -0.138. The molecule has 2 amide bonds. The lowest BCUT2D eigenvalue weighted by Gasteiger charge is -2.19. The molecule has 1 atom stereocenters. The second kappa shape index (κ2) is 10.6. The third-order valence-corrected chi connectivity index (χ3v) is 4.90. The SMILES string of the molecule is NC(N)Nc1cc(C(=O)NCC(=O)NC(CC(=O)O)c2ccc3c(c2O)OCO3)cc(C(F)(F)F)c1. The molecule has 9 N–H and O–H groups in total. The summed E-state index contributed by atoms with van der Waals surface area (Å²) in [7, 11) is 0. The van der Waals surface area contributed by atoms with Crippen molar-refractivity contribution in [3.05, 3.63) is 47.0 Å². The molecule has 0 fully saturated rings. The molecule has 0 aromatic heterocycles. The molecule has 0 saturated carbocycles. The maximum atomic E-state index is 13.2. The maximum absolute atomic E-state index is 13.2. The number of nitrogens with one attached hydrogen (secondary N) is 3. The van der Waals surface area contributed by atoms with Crippen LogP contribution in [-0.2, 0) is 15.8 Å². The predicted molar refractivity (Wildman–Crippen MR) is 117 cm³/mol. The number of halogens is 3. The van der Waals surface area contributed by atoms with Gasteiger partial charge in [0.2, 0.25) is 18.4 Å². The topological polar surface area (TPSA) is 198 Å². The van der Waals surface area contributed by atoms with Crippen LogP contribution in [-0.4, -0.2) is 47.6 Å². The van der Waals surface area contributed by atoms with Crippen molar-refractivity contribution in [3.63, 3.8) is 0 Å². The number of carboxylic acid groups (broad SMARTS) is 1. The molecule has 0 spiro atoms. The number of ether oxygens (including phenoxy) is 2. The second-order valence-electron chi connectivity index (χ2n) is 7.60. The molecular formula is C21H22F3N5O7. The van der Waals surface area contributed by atoms with E-state index in [9.17, 15) is 37.8 Å². The molecule has 3 rings (SSSR count). The number of anilines is 1. The molecule has 0 radical (unpaired) electrons. The monoisotopic (exact) mass is 513 g/mol. The highest BCUT2D eigenvalue weighted by molar-refractivity contribution is 5.97. The summed E-state index contributed by atoms with van der Waals surface area (Å²) in [4.78, 5) is 36.2. The Morgan fingerprint density at radius 1 is 1.11 bits per heavy atom. The molecule has 1 aliphatic rings. The summed E-state index contributed by atoms with van der Waals surface area (Å²) < 4.78 is 49.9. The molecule has 0 bridgehead atoms. The number of hydrogen-bond donors (Lipinski definition) is 7. The normalized spacial score (nSPS) is 13.3. The van der Waals surface area contributed by atoms with Gasteiger partial charge in [-0.05, 0) is 30.3 Å². The van der Waals surface area contributed by atoms with Crippen LogP contribution in [0.2, 0.25) is 0 Å². The zero-order valence-corrected chi connectivity index (χ0v) is 18.4. The summed E-state index contributed by atoms with van der Waals surface area (Å²) in [6.45, 7) is -0.867. The molecule has 15 heteroatoms. The van der Waals surface area contributed by atoms with Gasteiger partial charge in [0.1, 0.15) is 6.29 Å². The van der Waals surface area contributed by atoms with E-state index in [2.05, 4.69) is 16.0 Å². The zero-order chi connectivity index (χ0) is 26.6. The number of aromatic hydroxyl groups is 1. The Kier molecular flexibility index (Phi) is 7.74. The van der Waals surface area contributed by atoms with E-state index in [4.69, 9.17) is 20.9 Å². The first kappa shape index (κ1) is 26.4. The van der Waals surface area contributed by atoms with Gasteiger partial charge < -0.3 is 35.6 Å². The Hall–Kier alpha value is -4.24. The molecule has 0 saturated heterocycles. The van der Waals surface area contributed by atoms with Crippen LogP contribution in [0, 0.1) is 0 Å². The van der Waals surface area contributed by atoms with Crippen molar-refractivity contribution >= 4 is 23.5 Å². The molecule has 1 aliphatic heterocycles. The van der Waals surface area contributed by atoms with Gasteiger partial charge in [-0.2, -0.15) is 13.2 Å². The third kappa shape index (κ3) is 6.45. The lowest BCUT2D eigenvalue weighted by atomic mass is 10.0. The number of aliphatic carboxylic acids is 1. The van der Waals surface area contributed by atoms with E-state index in [0.717, 1.165) is 6.07 Å². The van der Waals surface area contributed by atoms with Gasteiger partial charge in [0.25, 0.3) is 5.91 Å². The summed E-state index contributed by atoms with van der Waals surface area (Å²) in [5.74, 6) is -3.41. The fourth-order valence-electron chi connectivity index (χ4n) is 3.37. The molecule has 0 aliphatic carbocycles. The van der Waals surface area contributed by atoms with Crippen molar-refractivity contribution in [3.8, 4) is 17.2 Å². The molecule has 2 aromatic carbocycles. The lowest BCUT2D eigenvalue weighted by Crippen LogP contribution is -2.40. The Morgan fingerprint density at radius 2 is 1.83 bits per heavy atom. The number of nitrogens with two attached hydrogens (primary N) is 2. The predicted octanol–water partition coefficient (Wildman–Crippen LogP) is 0.815. The smallest absolute Gasteiger partial charge is 0.416 e. The molecule has 36 heavy (non-hydrogen) atoms. The summed E-state index contributed by atoms with van der Waals surface area (Å²) in [5.41, 5.74) is 8.93. The number of benzene rings is 2. The number of carbonyl (C=O) groups excluding carboxylic acids is 2. The highest BCUT2D eigenvalue weighted by atomic mass is 19.4. The summed E-state index contributed by atoms with van der Waals surface area (Å²) in [6, 6.07) is 3.90. The number of alkyl halides is 3. The minimum atomic E-state index is -4.78. The van der Waals surface area contributed by atoms with E-state index >= 15 is 0 Å². The van der Waals surface area contributed by atoms with Crippen LogP contribution in [0.5, 0.6) is 17.2 Å². The van der Waals surface area contributed by atoms with Gasteiger partial charge >= 0.3 is 12.1 Å². The van der Waals surface area contributed by atoms with Gasteiger partial charge in [-0.25, -0.2) is 0 Å². The van der Waals surface area contributed by atoms with Gasteiger partial charge in [-0.1, -0.05) is 0 Å². The van der Waals surface area contributed by atoms with Crippen LogP contribution in [0.4, 0.5) is 18.9 Å². The first-order chi connectivity index (χ1) is 16.8. The van der Waals surface area contributed by atoms with Crippen LogP contribution in [0.1, 0.15) is 33.9 Å². The van der Waals surface area contributed by atoms with E-state index in [0.29, 0.717) is 12.1 Å². The number of fused-ring (bicyclic) bond motifs is 1. The maximum Gasteiger partial charge on any atom is 0.416 e. The van der Waals surface area contributed by atoms with E-state index in [-0.39, 0.29) is 29.5 Å². The molecule has 194 valence electrons. The first-order valence-corrected chi connectivity index (χ1v) is 10.3. The zero-order valence-electron chi connectivity index (χ0n) is 18.4. The molecular weight excluding hydrogens is 491 g/mol. The number of carboxylic acids is 1. The van der Waals surface area contributed by atoms with Crippen molar-refractivity contribution in [2.75, 3.05) is 18.7 Å². The van der Waals surface area contributed by atoms with Crippen molar-refractivity contribution in [2.24, 2.45) is 11.5 Å². The quantitative estimate of drug-likeness (QED) is 0.236. The van der Waals surface area contributed by atoms with Crippen LogP contribution in [0.15, 0.2) is 30.3 Å². The summed E-state index contributed by atoms with van der Waals surface area (Å²) >= 11 is 0. The Morgan fingerprint density at radius 3 is 2.47 bits per heavy atom. The molecule has 2 aromatic rings. The average molecular weight is 513 g/mol. The minimum Gasteiger partial charge on any atom is -0.504 e. The Labute approximate surface area is 201 Å². The summed E-state index contributed by atoms with van der Waals surface area (Å²) in [6.07, 6.45) is -6.61. The molecule has 1 heterocycles.